The molecule has 0 saturated carbocycles. The number of rotatable bonds is 10. The molecule has 0 N–H and O–H groups in total. The topological polar surface area (TPSA) is 26.3 Å². The highest BCUT2D eigenvalue weighted by atomic mass is 16.5. The molecular formula is C27H30NO2+. The Morgan fingerprint density at radius 1 is 0.733 bits per heavy atom. The van der Waals surface area contributed by atoms with Crippen molar-refractivity contribution in [3.8, 4) is 0 Å². The van der Waals surface area contributed by atoms with E-state index in [1.54, 1.807) is 6.92 Å². The molecule has 30 heavy (non-hydrogen) atoms. The molecule has 0 atom stereocenters. The van der Waals surface area contributed by atoms with Crippen LogP contribution >= 0.6 is 0 Å². The van der Waals surface area contributed by atoms with E-state index in [2.05, 4.69) is 79.4 Å². The highest BCUT2D eigenvalue weighted by molar-refractivity contribution is 5.86. The van der Waals surface area contributed by atoms with Crippen LogP contribution in [0.3, 0.4) is 0 Å². The van der Waals surface area contributed by atoms with E-state index >= 15 is 0 Å². The normalized spacial score (nSPS) is 11.1. The maximum atomic E-state index is 12.0. The van der Waals surface area contributed by atoms with Crippen LogP contribution in [0.4, 0.5) is 0 Å². The summed E-state index contributed by atoms with van der Waals surface area (Å²) in [6.45, 7) is 9.03. The molecule has 0 radical (unpaired) electrons. The Bertz CT molecular complexity index is 835. The van der Waals surface area contributed by atoms with Crippen molar-refractivity contribution in [2.75, 3.05) is 13.2 Å². The van der Waals surface area contributed by atoms with E-state index in [1.807, 2.05) is 18.2 Å². The molecule has 3 nitrogen and oxygen atoms in total. The molecule has 0 aliphatic carbocycles. The van der Waals surface area contributed by atoms with Crippen molar-refractivity contribution in [2.24, 2.45) is 0 Å². The number of carbonyl (C=O) groups excluding carboxylic acids is 1. The van der Waals surface area contributed by atoms with Gasteiger partial charge >= 0.3 is 5.97 Å². The summed E-state index contributed by atoms with van der Waals surface area (Å²) >= 11 is 0. The van der Waals surface area contributed by atoms with E-state index in [4.69, 9.17) is 4.74 Å². The number of esters is 1. The Hall–Kier alpha value is -3.17. The molecule has 3 aromatic rings. The Morgan fingerprint density at radius 2 is 1.10 bits per heavy atom. The van der Waals surface area contributed by atoms with Gasteiger partial charge in [-0.2, -0.15) is 0 Å². The number of benzene rings is 3. The minimum Gasteiger partial charge on any atom is -0.456 e. The smallest absolute Gasteiger partial charge is 0.333 e. The van der Waals surface area contributed by atoms with Crippen LogP contribution in [0.1, 0.15) is 23.6 Å². The molecular weight excluding hydrogens is 370 g/mol. The Kier molecular flexibility index (Phi) is 7.58. The largest absolute Gasteiger partial charge is 0.456 e. The molecule has 0 aliphatic heterocycles. The summed E-state index contributed by atoms with van der Waals surface area (Å²) < 4.78 is 6.28. The zero-order valence-corrected chi connectivity index (χ0v) is 17.7. The van der Waals surface area contributed by atoms with E-state index < -0.39 is 0 Å². The fourth-order valence-electron chi connectivity index (χ4n) is 3.77. The number of hydrogen-bond donors (Lipinski definition) is 0. The van der Waals surface area contributed by atoms with E-state index in [1.165, 1.54) is 16.7 Å². The standard InChI is InChI=1S/C27H30NO2/c1-23(2)27(29)30-19-18-28(20-24-12-6-3-7-13-24,21-25-14-8-4-9-15-25)22-26-16-10-5-11-17-26/h3-17H,1,18-22H2,2H3/q+1. The van der Waals surface area contributed by atoms with E-state index in [0.717, 1.165) is 30.7 Å². The molecule has 3 heteroatoms. The first-order valence-electron chi connectivity index (χ1n) is 10.4. The van der Waals surface area contributed by atoms with Crippen molar-refractivity contribution in [2.45, 2.75) is 26.6 Å². The summed E-state index contributed by atoms with van der Waals surface area (Å²) in [7, 11) is 0. The lowest BCUT2D eigenvalue weighted by atomic mass is 10.1. The number of carbonyl (C=O) groups is 1. The first kappa shape index (κ1) is 21.5. The van der Waals surface area contributed by atoms with Crippen molar-refractivity contribution in [3.63, 3.8) is 0 Å². The average Bonchev–Trinajstić information content (AvgIpc) is 2.75. The number of ether oxygens (including phenoxy) is 1. The monoisotopic (exact) mass is 400 g/mol. The third-order valence-electron chi connectivity index (χ3n) is 5.23. The van der Waals surface area contributed by atoms with Crippen molar-refractivity contribution in [3.05, 3.63) is 120 Å². The molecule has 0 aliphatic rings. The fraction of sp³-hybridized carbons (Fsp3) is 0.222. The minimum absolute atomic E-state index is 0.327. The summed E-state index contributed by atoms with van der Waals surface area (Å²) in [6, 6.07) is 31.6. The van der Waals surface area contributed by atoms with Crippen molar-refractivity contribution < 1.29 is 14.0 Å². The molecule has 0 bridgehead atoms. The molecule has 3 aromatic carbocycles. The van der Waals surface area contributed by atoms with Gasteiger partial charge in [0, 0.05) is 22.3 Å². The number of nitrogens with zero attached hydrogens (tertiary/aromatic N) is 1. The molecule has 0 fully saturated rings. The number of hydrogen-bond acceptors (Lipinski definition) is 2. The summed E-state index contributed by atoms with van der Waals surface area (Å²) in [4.78, 5) is 12.0. The molecule has 0 aromatic heterocycles. The molecule has 0 heterocycles. The van der Waals surface area contributed by atoms with Gasteiger partial charge in [-0.25, -0.2) is 4.79 Å². The second kappa shape index (κ2) is 10.6. The second-order valence-electron chi connectivity index (χ2n) is 7.91. The molecule has 154 valence electrons. The third kappa shape index (κ3) is 6.43. The molecule has 0 amide bonds. The molecule has 3 rings (SSSR count). The molecule has 0 saturated heterocycles. The molecule has 0 unspecified atom stereocenters. The second-order valence-corrected chi connectivity index (χ2v) is 7.91. The van der Waals surface area contributed by atoms with Gasteiger partial charge in [0.1, 0.15) is 32.8 Å². The van der Waals surface area contributed by atoms with Crippen molar-refractivity contribution >= 4 is 5.97 Å². The minimum atomic E-state index is -0.327. The van der Waals surface area contributed by atoms with Gasteiger partial charge in [0.05, 0.1) is 0 Å². The lowest BCUT2D eigenvalue weighted by molar-refractivity contribution is -0.966. The van der Waals surface area contributed by atoms with Crippen LogP contribution < -0.4 is 0 Å². The quantitative estimate of drug-likeness (QED) is 0.254. The maximum Gasteiger partial charge on any atom is 0.333 e. The summed E-state index contributed by atoms with van der Waals surface area (Å²) in [5, 5.41) is 0. The molecule has 0 spiro atoms. The van der Waals surface area contributed by atoms with Gasteiger partial charge in [0.25, 0.3) is 0 Å². The van der Waals surface area contributed by atoms with Crippen LogP contribution in [0, 0.1) is 0 Å². The maximum absolute atomic E-state index is 12.0. The fourth-order valence-corrected chi connectivity index (χ4v) is 3.77. The van der Waals surface area contributed by atoms with Crippen LogP contribution in [0.15, 0.2) is 103 Å². The summed E-state index contributed by atoms with van der Waals surface area (Å²) in [5.74, 6) is -0.327. The Balaban J connectivity index is 1.92. The first-order valence-corrected chi connectivity index (χ1v) is 10.4. The predicted molar refractivity (Wildman–Crippen MR) is 121 cm³/mol. The highest BCUT2D eigenvalue weighted by Crippen LogP contribution is 2.24. The Labute approximate surface area is 179 Å². The van der Waals surface area contributed by atoms with Crippen molar-refractivity contribution in [1.82, 2.24) is 0 Å². The van der Waals surface area contributed by atoms with Gasteiger partial charge in [-0.05, 0) is 6.92 Å². The Morgan fingerprint density at radius 3 is 1.43 bits per heavy atom. The number of quaternary nitrogens is 1. The third-order valence-corrected chi connectivity index (χ3v) is 5.23. The van der Waals surface area contributed by atoms with Gasteiger partial charge in [0.2, 0.25) is 0 Å². The van der Waals surface area contributed by atoms with E-state index in [0.29, 0.717) is 12.2 Å². The lowest BCUT2D eigenvalue weighted by Gasteiger charge is -2.39. The zero-order chi connectivity index (χ0) is 21.2. The van der Waals surface area contributed by atoms with Crippen LogP contribution in [0.2, 0.25) is 0 Å². The van der Waals surface area contributed by atoms with Crippen LogP contribution in [0.5, 0.6) is 0 Å². The van der Waals surface area contributed by atoms with Gasteiger partial charge in [-0.1, -0.05) is 97.6 Å². The summed E-state index contributed by atoms with van der Waals surface area (Å²) in [6.07, 6.45) is 0. The zero-order valence-electron chi connectivity index (χ0n) is 17.7. The van der Waals surface area contributed by atoms with Crippen LogP contribution in [0.25, 0.3) is 0 Å². The SMILES string of the molecule is C=C(C)C(=O)OCC[N+](Cc1ccccc1)(Cc1ccccc1)Cc1ccccc1. The van der Waals surface area contributed by atoms with Gasteiger partial charge in [-0.3, -0.25) is 0 Å². The highest BCUT2D eigenvalue weighted by Gasteiger charge is 2.29. The average molecular weight is 401 g/mol. The lowest BCUT2D eigenvalue weighted by Crippen LogP contribution is -2.48. The van der Waals surface area contributed by atoms with Crippen molar-refractivity contribution in [1.29, 1.82) is 0 Å². The van der Waals surface area contributed by atoms with Gasteiger partial charge in [0.15, 0.2) is 0 Å². The van der Waals surface area contributed by atoms with Gasteiger partial charge in [-0.15, -0.1) is 0 Å². The predicted octanol–water partition coefficient (Wildman–Crippen LogP) is 5.52. The summed E-state index contributed by atoms with van der Waals surface area (Å²) in [5.41, 5.74) is 4.25. The van der Waals surface area contributed by atoms with E-state index in [9.17, 15) is 4.79 Å². The first-order chi connectivity index (χ1) is 14.6. The van der Waals surface area contributed by atoms with Crippen LogP contribution in [-0.2, 0) is 29.2 Å². The van der Waals surface area contributed by atoms with Gasteiger partial charge < -0.3 is 9.22 Å². The van der Waals surface area contributed by atoms with Crippen LogP contribution in [-0.4, -0.2) is 23.6 Å². The van der Waals surface area contributed by atoms with E-state index in [-0.39, 0.29) is 5.97 Å².